The van der Waals surface area contributed by atoms with Crippen LogP contribution in [0.2, 0.25) is 5.02 Å². The van der Waals surface area contributed by atoms with Gasteiger partial charge in [-0.2, -0.15) is 0 Å². The summed E-state index contributed by atoms with van der Waals surface area (Å²) in [6.45, 7) is 2.50. The lowest BCUT2D eigenvalue weighted by atomic mass is 10.1. The van der Waals surface area contributed by atoms with Gasteiger partial charge in [-0.15, -0.1) is 0 Å². The zero-order valence-electron chi connectivity index (χ0n) is 11.8. The Morgan fingerprint density at radius 2 is 1.86 bits per heavy atom. The summed E-state index contributed by atoms with van der Waals surface area (Å²) in [5, 5.41) is 3.99. The summed E-state index contributed by atoms with van der Waals surface area (Å²) in [4.78, 5) is 14.5. The molecule has 0 spiro atoms. The Hall–Kier alpha value is -2.00. The van der Waals surface area contributed by atoms with Gasteiger partial charge in [-0.25, -0.2) is 0 Å². The van der Waals surface area contributed by atoms with Crippen LogP contribution >= 0.6 is 11.6 Å². The highest BCUT2D eigenvalue weighted by molar-refractivity contribution is 6.31. The smallest absolute Gasteiger partial charge is 0.249 e. The van der Waals surface area contributed by atoms with E-state index in [9.17, 15) is 4.79 Å². The number of carbonyl (C=O) groups excluding carboxylic acids is 1. The van der Waals surface area contributed by atoms with Crippen molar-refractivity contribution in [2.75, 3.05) is 10.2 Å². The Morgan fingerprint density at radius 3 is 2.62 bits per heavy atom. The molecule has 1 N–H and O–H groups in total. The van der Waals surface area contributed by atoms with Crippen LogP contribution in [-0.4, -0.2) is 11.9 Å². The molecule has 0 radical (unpaired) electrons. The first kappa shape index (κ1) is 14.0. The number of hydrogen-bond donors (Lipinski definition) is 1. The standard InChI is InChI=1S/C17H17ClN2O/c1-2-14-17(21)20(11-12-7-3-4-8-13(12)18)16-10-6-5-9-15(16)19-14/h3-10,14,19H,2,11H2,1H3. The van der Waals surface area contributed by atoms with Gasteiger partial charge in [0, 0.05) is 5.02 Å². The fourth-order valence-electron chi connectivity index (χ4n) is 2.62. The maximum absolute atomic E-state index is 12.7. The predicted molar refractivity (Wildman–Crippen MR) is 86.8 cm³/mol. The van der Waals surface area contributed by atoms with E-state index >= 15 is 0 Å². The Labute approximate surface area is 129 Å². The van der Waals surface area contributed by atoms with E-state index in [0.29, 0.717) is 11.6 Å². The molecule has 1 atom stereocenters. The summed E-state index contributed by atoms with van der Waals surface area (Å²) >= 11 is 6.23. The molecule has 2 aromatic rings. The molecule has 1 unspecified atom stereocenters. The summed E-state index contributed by atoms with van der Waals surface area (Å²) in [5.41, 5.74) is 2.86. The molecule has 0 aromatic heterocycles. The van der Waals surface area contributed by atoms with Crippen LogP contribution in [0.25, 0.3) is 0 Å². The molecule has 1 aliphatic heterocycles. The molecule has 108 valence electrons. The van der Waals surface area contributed by atoms with E-state index in [0.717, 1.165) is 23.4 Å². The second kappa shape index (κ2) is 5.78. The number of benzene rings is 2. The predicted octanol–water partition coefficient (Wildman–Crippen LogP) is 4.08. The van der Waals surface area contributed by atoms with Gasteiger partial charge in [-0.3, -0.25) is 4.79 Å². The van der Waals surface area contributed by atoms with Gasteiger partial charge in [-0.1, -0.05) is 48.9 Å². The fraction of sp³-hybridized carbons (Fsp3) is 0.235. The molecule has 0 fully saturated rings. The minimum Gasteiger partial charge on any atom is -0.372 e. The Balaban J connectivity index is 1.99. The van der Waals surface area contributed by atoms with Crippen LogP contribution in [0.3, 0.4) is 0 Å². The fourth-order valence-corrected chi connectivity index (χ4v) is 2.82. The second-order valence-electron chi connectivity index (χ2n) is 5.14. The van der Waals surface area contributed by atoms with E-state index in [1.165, 1.54) is 0 Å². The topological polar surface area (TPSA) is 32.3 Å². The molecule has 4 heteroatoms. The maximum atomic E-state index is 12.7. The van der Waals surface area contributed by atoms with E-state index in [-0.39, 0.29) is 11.9 Å². The summed E-state index contributed by atoms with van der Waals surface area (Å²) in [7, 11) is 0. The number of carbonyl (C=O) groups is 1. The van der Waals surface area contributed by atoms with Crippen molar-refractivity contribution in [2.45, 2.75) is 25.9 Å². The number of anilines is 2. The normalized spacial score (nSPS) is 17.3. The number of amides is 1. The van der Waals surface area contributed by atoms with Crippen molar-refractivity contribution < 1.29 is 4.79 Å². The number of rotatable bonds is 3. The van der Waals surface area contributed by atoms with Crippen molar-refractivity contribution in [1.82, 2.24) is 0 Å². The number of nitrogens with zero attached hydrogens (tertiary/aromatic N) is 1. The lowest BCUT2D eigenvalue weighted by Crippen LogP contribution is -2.46. The molecule has 1 aliphatic rings. The molecule has 0 saturated carbocycles. The summed E-state index contributed by atoms with van der Waals surface area (Å²) in [5.74, 6) is 0.0936. The van der Waals surface area contributed by atoms with Crippen LogP contribution in [0.5, 0.6) is 0 Å². The van der Waals surface area contributed by atoms with Crippen molar-refractivity contribution in [2.24, 2.45) is 0 Å². The van der Waals surface area contributed by atoms with E-state index in [1.807, 2.05) is 60.4 Å². The van der Waals surface area contributed by atoms with Gasteiger partial charge in [0.2, 0.25) is 5.91 Å². The monoisotopic (exact) mass is 300 g/mol. The third kappa shape index (κ3) is 2.61. The van der Waals surface area contributed by atoms with Gasteiger partial charge in [0.1, 0.15) is 6.04 Å². The van der Waals surface area contributed by atoms with E-state index in [4.69, 9.17) is 11.6 Å². The average molecular weight is 301 g/mol. The molecular weight excluding hydrogens is 284 g/mol. The van der Waals surface area contributed by atoms with Crippen LogP contribution in [0.1, 0.15) is 18.9 Å². The third-order valence-corrected chi connectivity index (χ3v) is 4.15. The molecule has 1 amide bonds. The van der Waals surface area contributed by atoms with E-state index in [1.54, 1.807) is 0 Å². The first-order chi connectivity index (χ1) is 10.2. The average Bonchev–Trinajstić information content (AvgIpc) is 2.51. The van der Waals surface area contributed by atoms with Gasteiger partial charge < -0.3 is 10.2 Å². The van der Waals surface area contributed by atoms with Crippen molar-refractivity contribution in [3.8, 4) is 0 Å². The molecule has 0 saturated heterocycles. The van der Waals surface area contributed by atoms with Crippen LogP contribution in [-0.2, 0) is 11.3 Å². The van der Waals surface area contributed by atoms with Crippen LogP contribution in [0.4, 0.5) is 11.4 Å². The molecule has 0 bridgehead atoms. The highest BCUT2D eigenvalue weighted by Crippen LogP contribution is 2.33. The van der Waals surface area contributed by atoms with Crippen molar-refractivity contribution >= 4 is 28.9 Å². The summed E-state index contributed by atoms with van der Waals surface area (Å²) in [6, 6.07) is 15.4. The Kier molecular flexibility index (Phi) is 3.84. The molecule has 1 heterocycles. The highest BCUT2D eigenvalue weighted by atomic mass is 35.5. The number of fused-ring (bicyclic) bond motifs is 1. The van der Waals surface area contributed by atoms with Crippen molar-refractivity contribution in [3.05, 3.63) is 59.1 Å². The summed E-state index contributed by atoms with van der Waals surface area (Å²) < 4.78 is 0. The largest absolute Gasteiger partial charge is 0.372 e. The third-order valence-electron chi connectivity index (χ3n) is 3.78. The molecule has 2 aromatic carbocycles. The summed E-state index contributed by atoms with van der Waals surface area (Å²) in [6.07, 6.45) is 0.756. The maximum Gasteiger partial charge on any atom is 0.249 e. The molecular formula is C17H17ClN2O. The zero-order chi connectivity index (χ0) is 14.8. The van der Waals surface area contributed by atoms with E-state index in [2.05, 4.69) is 5.32 Å². The van der Waals surface area contributed by atoms with Crippen LogP contribution < -0.4 is 10.2 Å². The van der Waals surface area contributed by atoms with E-state index < -0.39 is 0 Å². The highest BCUT2D eigenvalue weighted by Gasteiger charge is 2.31. The molecule has 3 nitrogen and oxygen atoms in total. The lowest BCUT2D eigenvalue weighted by Gasteiger charge is -2.35. The SMILES string of the molecule is CCC1Nc2ccccc2N(Cc2ccccc2Cl)C1=O. The van der Waals surface area contributed by atoms with Crippen LogP contribution in [0, 0.1) is 0 Å². The second-order valence-corrected chi connectivity index (χ2v) is 5.55. The van der Waals surface area contributed by atoms with Gasteiger partial charge >= 0.3 is 0 Å². The van der Waals surface area contributed by atoms with Gasteiger partial charge in [-0.05, 0) is 30.2 Å². The quantitative estimate of drug-likeness (QED) is 0.926. The van der Waals surface area contributed by atoms with Crippen LogP contribution in [0.15, 0.2) is 48.5 Å². The number of halogens is 1. The van der Waals surface area contributed by atoms with Crippen molar-refractivity contribution in [1.29, 1.82) is 0 Å². The lowest BCUT2D eigenvalue weighted by molar-refractivity contribution is -0.119. The Bertz CT molecular complexity index is 671. The molecule has 0 aliphatic carbocycles. The van der Waals surface area contributed by atoms with Gasteiger partial charge in [0.05, 0.1) is 17.9 Å². The van der Waals surface area contributed by atoms with Crippen molar-refractivity contribution in [3.63, 3.8) is 0 Å². The minimum absolute atomic E-state index is 0.0936. The Morgan fingerprint density at radius 1 is 1.14 bits per heavy atom. The van der Waals surface area contributed by atoms with Gasteiger partial charge in [0.25, 0.3) is 0 Å². The number of hydrogen-bond acceptors (Lipinski definition) is 2. The number of para-hydroxylation sites is 2. The minimum atomic E-state index is -0.178. The first-order valence-electron chi connectivity index (χ1n) is 7.11. The molecule has 3 rings (SSSR count). The first-order valence-corrected chi connectivity index (χ1v) is 7.49. The number of nitrogens with one attached hydrogen (secondary N) is 1. The zero-order valence-corrected chi connectivity index (χ0v) is 12.6. The van der Waals surface area contributed by atoms with Gasteiger partial charge in [0.15, 0.2) is 0 Å². The molecule has 21 heavy (non-hydrogen) atoms.